The molecule has 0 aliphatic carbocycles. The Morgan fingerprint density at radius 3 is 2.46 bits per heavy atom. The van der Waals surface area contributed by atoms with Gasteiger partial charge in [0, 0.05) is 13.3 Å². The monoisotopic (exact) mass is 199 g/mol. The van der Waals surface area contributed by atoms with E-state index in [0.29, 0.717) is 0 Å². The highest BCUT2D eigenvalue weighted by Crippen LogP contribution is 2.17. The summed E-state index contributed by atoms with van der Waals surface area (Å²) in [5.74, 6) is 0.931. The molecule has 1 rings (SSSR count). The van der Waals surface area contributed by atoms with E-state index in [4.69, 9.17) is 0 Å². The van der Waals surface area contributed by atoms with Gasteiger partial charge in [0.15, 0.2) is 5.82 Å². The Balaban J connectivity index is 0.000000671. The molecule has 0 aliphatic heterocycles. The van der Waals surface area contributed by atoms with E-state index in [1.807, 2.05) is 44.4 Å². The molecule has 1 aromatic rings. The van der Waals surface area contributed by atoms with E-state index < -0.39 is 0 Å². The van der Waals surface area contributed by atoms with Gasteiger partial charge >= 0.3 is 0 Å². The lowest BCUT2D eigenvalue weighted by molar-refractivity contribution is 0.996. The molecule has 3 nitrogen and oxygen atoms in total. The number of anilines is 1. The maximum atomic E-state index is 4.00. The highest BCUT2D eigenvalue weighted by Gasteiger charge is 2.03. The Morgan fingerprint density at radius 1 is 1.38 bits per heavy atom. The minimum Gasteiger partial charge on any atom is -0.302 e. The summed E-state index contributed by atoms with van der Waals surface area (Å²) in [4.78, 5) is 0. The fourth-order valence-corrected chi connectivity index (χ4v) is 1.14. The fraction of sp³-hybridized carbons (Fsp3) is 0.556. The number of hydrogen-bond acceptors (Lipinski definition) is 4. The number of rotatable bonds is 2. The molecule has 4 heteroatoms. The second kappa shape index (κ2) is 6.71. The van der Waals surface area contributed by atoms with Crippen molar-refractivity contribution in [3.05, 3.63) is 17.8 Å². The van der Waals surface area contributed by atoms with E-state index in [-0.39, 0.29) is 0 Å². The van der Waals surface area contributed by atoms with Gasteiger partial charge in [-0.3, -0.25) is 0 Å². The summed E-state index contributed by atoms with van der Waals surface area (Å²) in [5, 5.41) is 7.81. The number of nitrogens with zero attached hydrogens (tertiary/aromatic N) is 3. The van der Waals surface area contributed by atoms with Crippen molar-refractivity contribution >= 4 is 17.8 Å². The molecule has 0 aromatic carbocycles. The van der Waals surface area contributed by atoms with Gasteiger partial charge in [0.05, 0.1) is 6.20 Å². The van der Waals surface area contributed by atoms with Gasteiger partial charge in [-0.1, -0.05) is 25.8 Å². The molecule has 0 aliphatic rings. The van der Waals surface area contributed by atoms with Gasteiger partial charge in [-0.05, 0) is 18.6 Å². The minimum atomic E-state index is 0.931. The van der Waals surface area contributed by atoms with Crippen molar-refractivity contribution < 1.29 is 0 Å². The normalized spacial score (nSPS) is 8.69. The van der Waals surface area contributed by atoms with Crippen LogP contribution in [0.5, 0.6) is 0 Å². The molecule has 0 fully saturated rings. The predicted molar refractivity (Wildman–Crippen MR) is 60.0 cm³/mol. The Hall–Kier alpha value is -0.770. The van der Waals surface area contributed by atoms with Crippen LogP contribution in [0.25, 0.3) is 0 Å². The van der Waals surface area contributed by atoms with Crippen LogP contribution < -0.4 is 4.31 Å². The molecule has 0 radical (unpaired) electrons. The summed E-state index contributed by atoms with van der Waals surface area (Å²) in [5.41, 5.74) is 1.15. The van der Waals surface area contributed by atoms with E-state index >= 15 is 0 Å². The lowest BCUT2D eigenvalue weighted by Gasteiger charge is -2.14. The van der Waals surface area contributed by atoms with Crippen LogP contribution in [0.3, 0.4) is 0 Å². The molecular formula is C9H17N3S. The molecule has 0 saturated carbocycles. The van der Waals surface area contributed by atoms with Crippen LogP contribution in [-0.4, -0.2) is 23.5 Å². The zero-order valence-electron chi connectivity index (χ0n) is 8.90. The van der Waals surface area contributed by atoms with Gasteiger partial charge in [0.2, 0.25) is 0 Å². The Morgan fingerprint density at radius 2 is 2.00 bits per heavy atom. The average Bonchev–Trinajstić information content (AvgIpc) is 2.20. The molecule has 74 valence electrons. The van der Waals surface area contributed by atoms with Gasteiger partial charge in [0.25, 0.3) is 0 Å². The molecule has 0 spiro atoms. The van der Waals surface area contributed by atoms with Crippen LogP contribution in [0.1, 0.15) is 19.4 Å². The number of aromatic nitrogens is 2. The van der Waals surface area contributed by atoms with Crippen LogP contribution >= 0.6 is 11.9 Å². The van der Waals surface area contributed by atoms with Crippen LogP contribution in [0.2, 0.25) is 0 Å². The molecule has 0 unspecified atom stereocenters. The first-order valence-corrected chi connectivity index (χ1v) is 5.50. The van der Waals surface area contributed by atoms with Crippen LogP contribution in [0.15, 0.2) is 12.3 Å². The molecule has 1 aromatic heterocycles. The molecule has 0 N–H and O–H groups in total. The van der Waals surface area contributed by atoms with Gasteiger partial charge < -0.3 is 4.31 Å². The zero-order chi connectivity index (χ0) is 10.3. The maximum Gasteiger partial charge on any atom is 0.163 e. The first-order valence-electron chi connectivity index (χ1n) is 4.32. The number of hydrogen-bond donors (Lipinski definition) is 0. The summed E-state index contributed by atoms with van der Waals surface area (Å²) < 4.78 is 1.99. The second-order valence-corrected chi connectivity index (χ2v) is 3.13. The molecule has 0 atom stereocenters. The van der Waals surface area contributed by atoms with Crippen LogP contribution in [0, 0.1) is 6.92 Å². The molecule has 0 saturated heterocycles. The molecule has 1 heterocycles. The molecule has 0 bridgehead atoms. The summed E-state index contributed by atoms with van der Waals surface area (Å²) >= 11 is 1.62. The Labute approximate surface area is 84.7 Å². The van der Waals surface area contributed by atoms with Gasteiger partial charge in [-0.15, -0.1) is 5.10 Å². The molecule has 0 amide bonds. The highest BCUT2D eigenvalue weighted by molar-refractivity contribution is 7.99. The first kappa shape index (κ1) is 12.2. The summed E-state index contributed by atoms with van der Waals surface area (Å²) in [6.07, 6.45) is 3.71. The Kier molecular flexibility index (Phi) is 6.32. The van der Waals surface area contributed by atoms with Crippen molar-refractivity contribution in [1.29, 1.82) is 0 Å². The lowest BCUT2D eigenvalue weighted by Crippen LogP contribution is -2.09. The maximum absolute atomic E-state index is 4.00. The minimum absolute atomic E-state index is 0.931. The quantitative estimate of drug-likeness (QED) is 0.684. The van der Waals surface area contributed by atoms with E-state index in [0.717, 1.165) is 11.4 Å². The van der Waals surface area contributed by atoms with Gasteiger partial charge in [0.1, 0.15) is 0 Å². The first-order chi connectivity index (χ1) is 6.25. The largest absolute Gasteiger partial charge is 0.302 e. The summed E-state index contributed by atoms with van der Waals surface area (Å²) in [6.45, 7) is 6.02. The van der Waals surface area contributed by atoms with E-state index in [2.05, 4.69) is 10.2 Å². The van der Waals surface area contributed by atoms with Gasteiger partial charge in [-0.2, -0.15) is 5.10 Å². The van der Waals surface area contributed by atoms with E-state index in [9.17, 15) is 0 Å². The van der Waals surface area contributed by atoms with Crippen LogP contribution in [-0.2, 0) is 0 Å². The predicted octanol–water partition coefficient (Wildman–Crippen LogP) is 2.53. The third-order valence-corrected chi connectivity index (χ3v) is 2.19. The average molecular weight is 199 g/mol. The van der Waals surface area contributed by atoms with Crippen molar-refractivity contribution in [2.75, 3.05) is 17.6 Å². The van der Waals surface area contributed by atoms with E-state index in [1.54, 1.807) is 18.1 Å². The third kappa shape index (κ3) is 3.63. The zero-order valence-corrected chi connectivity index (χ0v) is 9.72. The second-order valence-electron chi connectivity index (χ2n) is 2.22. The summed E-state index contributed by atoms with van der Waals surface area (Å²) in [7, 11) is 1.97. The van der Waals surface area contributed by atoms with Crippen molar-refractivity contribution in [3.8, 4) is 0 Å². The van der Waals surface area contributed by atoms with Gasteiger partial charge in [-0.25, -0.2) is 0 Å². The standard InChI is InChI=1S/C7H11N3S.C2H6/c1-6-4-5-8-9-7(6)10(2)11-3;1-2/h4-5H,1-3H3;1-2H3. The van der Waals surface area contributed by atoms with Crippen molar-refractivity contribution in [2.45, 2.75) is 20.8 Å². The Bertz CT molecular complexity index is 240. The number of aryl methyl sites for hydroxylation is 1. The van der Waals surface area contributed by atoms with E-state index in [1.165, 1.54) is 0 Å². The molecular weight excluding hydrogens is 182 g/mol. The lowest BCUT2D eigenvalue weighted by atomic mass is 10.3. The van der Waals surface area contributed by atoms with Crippen LogP contribution in [0.4, 0.5) is 5.82 Å². The molecule has 13 heavy (non-hydrogen) atoms. The fourth-order valence-electron chi connectivity index (χ4n) is 0.784. The SMILES string of the molecule is CC.CSN(C)c1nnccc1C. The summed E-state index contributed by atoms with van der Waals surface area (Å²) in [6, 6.07) is 1.95. The van der Waals surface area contributed by atoms with Crippen molar-refractivity contribution in [1.82, 2.24) is 10.2 Å². The third-order valence-electron chi connectivity index (χ3n) is 1.47. The van der Waals surface area contributed by atoms with Crippen molar-refractivity contribution in [2.24, 2.45) is 0 Å². The highest BCUT2D eigenvalue weighted by atomic mass is 32.2. The topological polar surface area (TPSA) is 29.0 Å². The smallest absolute Gasteiger partial charge is 0.163 e. The van der Waals surface area contributed by atoms with Crippen molar-refractivity contribution in [3.63, 3.8) is 0 Å².